The number of nitrogens with zero attached hydrogens (tertiary/aromatic N) is 3. The highest BCUT2D eigenvalue weighted by molar-refractivity contribution is 5.91. The van der Waals surface area contributed by atoms with Crippen molar-refractivity contribution in [1.82, 2.24) is 25.4 Å². The van der Waals surface area contributed by atoms with Crippen molar-refractivity contribution >= 4 is 12.0 Å². The molecular weight excluding hydrogens is 202 g/mol. The molecule has 1 saturated heterocycles. The molecule has 0 radical (unpaired) electrons. The van der Waals surface area contributed by atoms with Gasteiger partial charge in [0, 0.05) is 0 Å². The molecule has 0 aliphatic carbocycles. The SMILES string of the molecule is O=C(O)N[C@@H]1C(=O)N[C@H]1Cn1cncn1. The molecule has 3 N–H and O–H groups in total. The third kappa shape index (κ3) is 1.87. The highest BCUT2D eigenvalue weighted by Gasteiger charge is 2.40. The van der Waals surface area contributed by atoms with E-state index in [-0.39, 0.29) is 11.9 Å². The van der Waals surface area contributed by atoms with Gasteiger partial charge in [0.15, 0.2) is 0 Å². The third-order valence-electron chi connectivity index (χ3n) is 2.14. The van der Waals surface area contributed by atoms with Crippen molar-refractivity contribution in [3.63, 3.8) is 0 Å². The predicted octanol–water partition coefficient (Wildman–Crippen LogP) is -1.59. The minimum Gasteiger partial charge on any atom is -0.465 e. The van der Waals surface area contributed by atoms with Gasteiger partial charge in [-0.15, -0.1) is 0 Å². The van der Waals surface area contributed by atoms with E-state index < -0.39 is 12.1 Å². The van der Waals surface area contributed by atoms with Gasteiger partial charge < -0.3 is 15.7 Å². The number of β-lactam (4-membered cyclic amide) rings is 1. The Hall–Kier alpha value is -2.12. The van der Waals surface area contributed by atoms with Crippen LogP contribution in [0.2, 0.25) is 0 Å². The van der Waals surface area contributed by atoms with E-state index in [2.05, 4.69) is 20.7 Å². The van der Waals surface area contributed by atoms with Crippen LogP contribution >= 0.6 is 0 Å². The first-order valence-corrected chi connectivity index (χ1v) is 4.29. The summed E-state index contributed by atoms with van der Waals surface area (Å²) >= 11 is 0. The van der Waals surface area contributed by atoms with Crippen LogP contribution in [-0.4, -0.2) is 44.0 Å². The lowest BCUT2D eigenvalue weighted by Gasteiger charge is -2.35. The summed E-state index contributed by atoms with van der Waals surface area (Å²) in [6.45, 7) is 0.399. The molecule has 0 aromatic carbocycles. The summed E-state index contributed by atoms with van der Waals surface area (Å²) in [5.41, 5.74) is 0. The first-order chi connectivity index (χ1) is 7.16. The number of rotatable bonds is 3. The summed E-state index contributed by atoms with van der Waals surface area (Å²) in [7, 11) is 0. The van der Waals surface area contributed by atoms with Crippen LogP contribution in [0.15, 0.2) is 12.7 Å². The number of carboxylic acid groups (broad SMARTS) is 1. The number of hydrogen-bond donors (Lipinski definition) is 3. The summed E-state index contributed by atoms with van der Waals surface area (Å²) in [4.78, 5) is 25.1. The van der Waals surface area contributed by atoms with E-state index in [0.29, 0.717) is 6.54 Å². The molecule has 2 atom stereocenters. The van der Waals surface area contributed by atoms with E-state index in [1.807, 2.05) is 0 Å². The average molecular weight is 211 g/mol. The van der Waals surface area contributed by atoms with Gasteiger partial charge in [-0.05, 0) is 0 Å². The van der Waals surface area contributed by atoms with Gasteiger partial charge in [-0.3, -0.25) is 9.48 Å². The highest BCUT2D eigenvalue weighted by Crippen LogP contribution is 2.08. The summed E-state index contributed by atoms with van der Waals surface area (Å²) in [6.07, 6.45) is 1.67. The van der Waals surface area contributed by atoms with E-state index in [4.69, 9.17) is 5.11 Å². The molecule has 1 aliphatic heterocycles. The van der Waals surface area contributed by atoms with Crippen molar-refractivity contribution in [2.45, 2.75) is 18.6 Å². The van der Waals surface area contributed by atoms with Crippen molar-refractivity contribution in [3.8, 4) is 0 Å². The third-order valence-corrected chi connectivity index (χ3v) is 2.14. The molecule has 0 unspecified atom stereocenters. The van der Waals surface area contributed by atoms with Crippen molar-refractivity contribution in [1.29, 1.82) is 0 Å². The average Bonchev–Trinajstić information content (AvgIpc) is 2.66. The van der Waals surface area contributed by atoms with Crippen molar-refractivity contribution in [3.05, 3.63) is 12.7 Å². The minimum atomic E-state index is -1.21. The van der Waals surface area contributed by atoms with Crippen molar-refractivity contribution in [2.24, 2.45) is 0 Å². The fraction of sp³-hybridized carbons (Fsp3) is 0.429. The van der Waals surface area contributed by atoms with E-state index in [9.17, 15) is 9.59 Å². The number of nitrogens with one attached hydrogen (secondary N) is 2. The largest absolute Gasteiger partial charge is 0.465 e. The second kappa shape index (κ2) is 3.56. The second-order valence-electron chi connectivity index (χ2n) is 3.16. The zero-order chi connectivity index (χ0) is 10.8. The fourth-order valence-electron chi connectivity index (χ4n) is 1.42. The summed E-state index contributed by atoms with van der Waals surface area (Å²) in [5, 5.41) is 17.1. The number of carbonyl (C=O) groups is 2. The molecule has 0 spiro atoms. The fourth-order valence-corrected chi connectivity index (χ4v) is 1.42. The summed E-state index contributed by atoms with van der Waals surface area (Å²) in [5.74, 6) is -0.317. The first kappa shape index (κ1) is 9.44. The maximum Gasteiger partial charge on any atom is 0.405 e. The summed E-state index contributed by atoms with van der Waals surface area (Å²) < 4.78 is 1.53. The number of aromatic nitrogens is 3. The molecular formula is C7H9N5O3. The first-order valence-electron chi connectivity index (χ1n) is 4.29. The molecule has 1 aromatic heterocycles. The quantitative estimate of drug-likeness (QED) is 0.522. The Balaban J connectivity index is 1.94. The topological polar surface area (TPSA) is 109 Å². The van der Waals surface area contributed by atoms with Crippen LogP contribution in [0.5, 0.6) is 0 Å². The van der Waals surface area contributed by atoms with E-state index in [1.165, 1.54) is 17.3 Å². The zero-order valence-electron chi connectivity index (χ0n) is 7.62. The molecule has 0 saturated carbocycles. The van der Waals surface area contributed by atoms with Gasteiger partial charge in [0.1, 0.15) is 18.7 Å². The van der Waals surface area contributed by atoms with Gasteiger partial charge in [-0.2, -0.15) is 5.10 Å². The van der Waals surface area contributed by atoms with Crippen LogP contribution in [0.3, 0.4) is 0 Å². The Morgan fingerprint density at radius 1 is 1.73 bits per heavy atom. The van der Waals surface area contributed by atoms with Crippen LogP contribution < -0.4 is 10.6 Å². The minimum absolute atomic E-state index is 0.268. The van der Waals surface area contributed by atoms with Crippen molar-refractivity contribution in [2.75, 3.05) is 0 Å². The molecule has 0 bridgehead atoms. The van der Waals surface area contributed by atoms with E-state index in [0.717, 1.165) is 0 Å². The number of hydrogen-bond acceptors (Lipinski definition) is 4. The lowest BCUT2D eigenvalue weighted by molar-refractivity contribution is -0.131. The highest BCUT2D eigenvalue weighted by atomic mass is 16.4. The van der Waals surface area contributed by atoms with Gasteiger partial charge in [0.05, 0.1) is 12.6 Å². The maximum absolute atomic E-state index is 11.0. The molecule has 1 fully saturated rings. The second-order valence-corrected chi connectivity index (χ2v) is 3.16. The van der Waals surface area contributed by atoms with E-state index >= 15 is 0 Å². The molecule has 80 valence electrons. The Labute approximate surface area is 84.3 Å². The van der Waals surface area contributed by atoms with Crippen LogP contribution in [-0.2, 0) is 11.3 Å². The Morgan fingerprint density at radius 2 is 2.53 bits per heavy atom. The molecule has 2 amide bonds. The lowest BCUT2D eigenvalue weighted by Crippen LogP contribution is -2.70. The Bertz CT molecular complexity index is 376. The summed E-state index contributed by atoms with van der Waals surface area (Å²) in [6, 6.07) is -0.970. The standard InChI is InChI=1S/C7H9N5O3/c13-6-5(11-7(14)15)4(10-6)1-12-3-8-2-9-12/h2-5,11H,1H2,(H,10,13)(H,14,15)/t4-,5-/m0/s1. The Morgan fingerprint density at radius 3 is 3.07 bits per heavy atom. The van der Waals surface area contributed by atoms with Gasteiger partial charge >= 0.3 is 6.09 Å². The van der Waals surface area contributed by atoms with Gasteiger partial charge in [-0.25, -0.2) is 9.78 Å². The smallest absolute Gasteiger partial charge is 0.405 e. The van der Waals surface area contributed by atoms with Crippen LogP contribution in [0.25, 0.3) is 0 Å². The van der Waals surface area contributed by atoms with Crippen LogP contribution in [0.1, 0.15) is 0 Å². The molecule has 2 rings (SSSR count). The monoisotopic (exact) mass is 211 g/mol. The lowest BCUT2D eigenvalue weighted by atomic mass is 9.99. The van der Waals surface area contributed by atoms with Crippen LogP contribution in [0, 0.1) is 0 Å². The van der Waals surface area contributed by atoms with E-state index in [1.54, 1.807) is 0 Å². The molecule has 1 aliphatic rings. The number of carbonyl (C=O) groups excluding carboxylic acids is 1. The molecule has 1 aromatic rings. The molecule has 8 nitrogen and oxygen atoms in total. The normalized spacial score (nSPS) is 24.1. The molecule has 15 heavy (non-hydrogen) atoms. The molecule has 2 heterocycles. The Kier molecular flexibility index (Phi) is 2.24. The number of amides is 2. The van der Waals surface area contributed by atoms with Gasteiger partial charge in [0.2, 0.25) is 5.91 Å². The van der Waals surface area contributed by atoms with Gasteiger partial charge in [0.25, 0.3) is 0 Å². The van der Waals surface area contributed by atoms with Gasteiger partial charge in [-0.1, -0.05) is 0 Å². The molecule has 8 heteroatoms. The maximum atomic E-state index is 11.0. The van der Waals surface area contributed by atoms with Crippen LogP contribution in [0.4, 0.5) is 4.79 Å². The van der Waals surface area contributed by atoms with Crippen molar-refractivity contribution < 1.29 is 14.7 Å². The predicted molar refractivity (Wildman–Crippen MR) is 46.9 cm³/mol. The zero-order valence-corrected chi connectivity index (χ0v) is 7.62.